The van der Waals surface area contributed by atoms with Crippen molar-refractivity contribution in [3.05, 3.63) is 70.6 Å². The molecule has 0 spiro atoms. The number of aryl methyl sites for hydroxylation is 1. The molecular weight excluding hydrogens is 430 g/mol. The van der Waals surface area contributed by atoms with Crippen molar-refractivity contribution in [2.24, 2.45) is 0 Å². The van der Waals surface area contributed by atoms with Crippen LogP contribution < -0.4 is 10.6 Å². The van der Waals surface area contributed by atoms with Gasteiger partial charge in [0, 0.05) is 16.0 Å². The monoisotopic (exact) mass is 449 g/mol. The third-order valence-electron chi connectivity index (χ3n) is 5.17. The van der Waals surface area contributed by atoms with Crippen molar-refractivity contribution in [3.63, 3.8) is 0 Å². The second-order valence-electron chi connectivity index (χ2n) is 7.18. The Hall–Kier alpha value is -2.61. The average molecular weight is 450 g/mol. The number of para-hydroxylation sites is 1. The molecule has 7 heteroatoms. The van der Waals surface area contributed by atoms with E-state index in [0.29, 0.717) is 10.7 Å². The lowest BCUT2D eigenvalue weighted by molar-refractivity contribution is 0.0977. The molecule has 2 aromatic heterocycles. The number of nitrogens with zero attached hydrogens (tertiary/aromatic N) is 1. The third kappa shape index (κ3) is 3.76. The molecule has 0 bridgehead atoms. The summed E-state index contributed by atoms with van der Waals surface area (Å²) in [5.74, 6) is -0.212. The van der Waals surface area contributed by atoms with Gasteiger partial charge in [-0.2, -0.15) is 0 Å². The van der Waals surface area contributed by atoms with E-state index < -0.39 is 0 Å². The maximum atomic E-state index is 12.5. The highest BCUT2D eigenvalue weighted by atomic mass is 32.1. The summed E-state index contributed by atoms with van der Waals surface area (Å²) in [5.41, 5.74) is 4.12. The van der Waals surface area contributed by atoms with E-state index in [4.69, 9.17) is 17.2 Å². The SMILES string of the molecule is O=C(NC(=S)Nc1sc2c(c1-c1nc3ccccc3s1)CCCC2)c1ccccc1. The maximum absolute atomic E-state index is 12.5. The van der Waals surface area contributed by atoms with Crippen LogP contribution in [0.4, 0.5) is 5.00 Å². The first-order valence-electron chi connectivity index (χ1n) is 9.87. The van der Waals surface area contributed by atoms with Crippen LogP contribution in [-0.2, 0) is 12.8 Å². The number of anilines is 1. The lowest BCUT2D eigenvalue weighted by atomic mass is 9.96. The number of carbonyl (C=O) groups excluding carboxylic acids is 1. The van der Waals surface area contributed by atoms with Gasteiger partial charge in [0.25, 0.3) is 5.91 Å². The molecule has 30 heavy (non-hydrogen) atoms. The quantitative estimate of drug-likeness (QED) is 0.375. The van der Waals surface area contributed by atoms with Crippen molar-refractivity contribution in [1.29, 1.82) is 0 Å². The topological polar surface area (TPSA) is 54.0 Å². The van der Waals surface area contributed by atoms with Crippen LogP contribution >= 0.6 is 34.9 Å². The highest BCUT2D eigenvalue weighted by Gasteiger charge is 2.25. The molecule has 2 aromatic carbocycles. The number of thiocarbonyl (C=S) groups is 1. The first-order valence-corrected chi connectivity index (χ1v) is 11.9. The molecule has 0 aliphatic heterocycles. The van der Waals surface area contributed by atoms with Crippen LogP contribution in [0.3, 0.4) is 0 Å². The Balaban J connectivity index is 1.47. The van der Waals surface area contributed by atoms with Crippen molar-refractivity contribution < 1.29 is 4.79 Å². The van der Waals surface area contributed by atoms with Gasteiger partial charge in [0.1, 0.15) is 10.0 Å². The molecule has 0 saturated carbocycles. The van der Waals surface area contributed by atoms with Gasteiger partial charge in [-0.3, -0.25) is 10.1 Å². The number of thiophene rings is 1. The minimum absolute atomic E-state index is 0.212. The molecule has 4 nitrogen and oxygen atoms in total. The summed E-state index contributed by atoms with van der Waals surface area (Å²) in [5, 5.41) is 8.39. The first kappa shape index (κ1) is 19.4. The number of hydrogen-bond donors (Lipinski definition) is 2. The lowest BCUT2D eigenvalue weighted by Gasteiger charge is -2.12. The predicted octanol–water partition coefficient (Wildman–Crippen LogP) is 6.03. The Kier molecular flexibility index (Phi) is 5.33. The molecule has 0 radical (unpaired) electrons. The Morgan fingerprint density at radius 2 is 1.73 bits per heavy atom. The highest BCUT2D eigenvalue weighted by molar-refractivity contribution is 7.80. The van der Waals surface area contributed by atoms with E-state index in [1.165, 1.54) is 28.0 Å². The molecule has 0 unspecified atom stereocenters. The van der Waals surface area contributed by atoms with Crippen molar-refractivity contribution in [1.82, 2.24) is 10.3 Å². The zero-order valence-corrected chi connectivity index (χ0v) is 18.6. The molecule has 1 amide bonds. The summed E-state index contributed by atoms with van der Waals surface area (Å²) >= 11 is 8.91. The Morgan fingerprint density at radius 1 is 0.967 bits per heavy atom. The van der Waals surface area contributed by atoms with E-state index in [-0.39, 0.29) is 5.91 Å². The zero-order valence-electron chi connectivity index (χ0n) is 16.1. The van der Waals surface area contributed by atoms with E-state index >= 15 is 0 Å². The van der Waals surface area contributed by atoms with Crippen LogP contribution in [0, 0.1) is 0 Å². The molecule has 2 N–H and O–H groups in total. The number of nitrogens with one attached hydrogen (secondary N) is 2. The van der Waals surface area contributed by atoms with Gasteiger partial charge in [0.15, 0.2) is 5.11 Å². The van der Waals surface area contributed by atoms with Crippen molar-refractivity contribution in [2.45, 2.75) is 25.7 Å². The molecule has 5 rings (SSSR count). The van der Waals surface area contributed by atoms with E-state index in [9.17, 15) is 4.79 Å². The van der Waals surface area contributed by atoms with Gasteiger partial charge < -0.3 is 5.32 Å². The highest BCUT2D eigenvalue weighted by Crippen LogP contribution is 2.46. The third-order valence-corrected chi connectivity index (χ3v) is 7.63. The summed E-state index contributed by atoms with van der Waals surface area (Å²) < 4.78 is 1.18. The van der Waals surface area contributed by atoms with Crippen LogP contribution in [-0.4, -0.2) is 16.0 Å². The fraction of sp³-hybridized carbons (Fsp3) is 0.174. The molecule has 1 aliphatic rings. The minimum atomic E-state index is -0.212. The Labute approximate surface area is 188 Å². The molecule has 1 aliphatic carbocycles. The van der Waals surface area contributed by atoms with Gasteiger partial charge in [0.2, 0.25) is 0 Å². The number of carbonyl (C=O) groups is 1. The van der Waals surface area contributed by atoms with Crippen LogP contribution in [0.1, 0.15) is 33.6 Å². The summed E-state index contributed by atoms with van der Waals surface area (Å²) in [6.45, 7) is 0. The average Bonchev–Trinajstić information content (AvgIpc) is 3.34. The smallest absolute Gasteiger partial charge is 0.257 e. The Morgan fingerprint density at radius 3 is 2.57 bits per heavy atom. The number of aromatic nitrogens is 1. The molecule has 150 valence electrons. The van der Waals surface area contributed by atoms with Gasteiger partial charge >= 0.3 is 0 Å². The van der Waals surface area contributed by atoms with Gasteiger partial charge in [-0.1, -0.05) is 30.3 Å². The van der Waals surface area contributed by atoms with E-state index in [0.717, 1.165) is 33.9 Å². The maximum Gasteiger partial charge on any atom is 0.257 e. The standard InChI is InChI=1S/C23H19N3OS3/c27-20(14-8-2-1-3-9-14)25-23(28)26-22-19(15-10-4-6-12-17(15)29-22)21-24-16-11-5-7-13-18(16)30-21/h1-3,5,7-9,11,13H,4,6,10,12H2,(H2,25,26,27,28). The fourth-order valence-corrected chi connectivity index (χ4v) is 6.42. The molecule has 0 saturated heterocycles. The summed E-state index contributed by atoms with van der Waals surface area (Å²) in [6, 6.07) is 17.3. The van der Waals surface area contributed by atoms with E-state index in [1.54, 1.807) is 34.8 Å². The molecule has 0 fully saturated rings. The molecule has 0 atom stereocenters. The van der Waals surface area contributed by atoms with Gasteiger partial charge in [-0.15, -0.1) is 22.7 Å². The van der Waals surface area contributed by atoms with E-state index in [2.05, 4.69) is 16.7 Å². The van der Waals surface area contributed by atoms with Crippen molar-refractivity contribution in [2.75, 3.05) is 5.32 Å². The summed E-state index contributed by atoms with van der Waals surface area (Å²) in [7, 11) is 0. The number of benzene rings is 2. The second-order valence-corrected chi connectivity index (χ2v) is 9.72. The minimum Gasteiger partial charge on any atom is -0.323 e. The normalized spacial score (nSPS) is 13.1. The number of rotatable bonds is 3. The number of hydrogen-bond acceptors (Lipinski definition) is 5. The van der Waals surface area contributed by atoms with Crippen molar-refractivity contribution in [3.8, 4) is 10.6 Å². The summed E-state index contributed by atoms with van der Waals surface area (Å²) in [4.78, 5) is 18.8. The largest absolute Gasteiger partial charge is 0.323 e. The Bertz CT molecular complexity index is 1210. The van der Waals surface area contributed by atoms with Crippen LogP contribution in [0.15, 0.2) is 54.6 Å². The second kappa shape index (κ2) is 8.26. The van der Waals surface area contributed by atoms with Crippen molar-refractivity contribution >= 4 is 61.1 Å². The molecule has 2 heterocycles. The lowest BCUT2D eigenvalue weighted by Crippen LogP contribution is -2.33. The number of fused-ring (bicyclic) bond motifs is 2. The van der Waals surface area contributed by atoms with Crippen LogP contribution in [0.2, 0.25) is 0 Å². The first-order chi connectivity index (χ1) is 14.7. The predicted molar refractivity (Wildman–Crippen MR) is 130 cm³/mol. The van der Waals surface area contributed by atoms with Crippen LogP contribution in [0.5, 0.6) is 0 Å². The van der Waals surface area contributed by atoms with E-state index in [1.807, 2.05) is 36.4 Å². The molecule has 4 aromatic rings. The molecular formula is C23H19N3OS3. The van der Waals surface area contributed by atoms with Gasteiger partial charge in [0.05, 0.1) is 10.2 Å². The fourth-order valence-electron chi connectivity index (χ4n) is 3.76. The van der Waals surface area contributed by atoms with Crippen LogP contribution in [0.25, 0.3) is 20.8 Å². The zero-order chi connectivity index (χ0) is 20.5. The number of amides is 1. The van der Waals surface area contributed by atoms with Gasteiger partial charge in [-0.25, -0.2) is 4.98 Å². The number of thiazole rings is 1. The summed E-state index contributed by atoms with van der Waals surface area (Å²) in [6.07, 6.45) is 4.54. The van der Waals surface area contributed by atoms with Gasteiger partial charge in [-0.05, 0) is 67.7 Å².